The van der Waals surface area contributed by atoms with Gasteiger partial charge in [0.2, 0.25) is 6.41 Å². The van der Waals surface area contributed by atoms with Crippen LogP contribution in [0.3, 0.4) is 0 Å². The molecule has 0 saturated carbocycles. The monoisotopic (exact) mass is 585 g/mol. The maximum Gasteiger partial charge on any atom is 0.307 e. The Morgan fingerprint density at radius 1 is 0.953 bits per heavy atom. The molecule has 0 heterocycles. The van der Waals surface area contributed by atoms with Gasteiger partial charge in [-0.1, -0.05) is 82.3 Å². The molecule has 0 spiro atoms. The normalized spacial score (nSPS) is 11.7. The first-order valence-corrected chi connectivity index (χ1v) is 15.2. The second kappa shape index (κ2) is 15.9. The molecular weight excluding hydrogens is 538 g/mol. The molecule has 0 saturated heterocycles. The zero-order valence-electron chi connectivity index (χ0n) is 26.6. The van der Waals surface area contributed by atoms with Crippen molar-refractivity contribution in [3.63, 3.8) is 0 Å². The van der Waals surface area contributed by atoms with Gasteiger partial charge in [0.25, 0.3) is 0 Å². The Hall–Kier alpha value is -4.13. The number of hydrogen-bond donors (Lipinski definition) is 1. The molecule has 3 aromatic rings. The van der Waals surface area contributed by atoms with Gasteiger partial charge >= 0.3 is 5.97 Å². The van der Waals surface area contributed by atoms with E-state index >= 15 is 0 Å². The Labute approximate surface area is 257 Å². The van der Waals surface area contributed by atoms with Crippen LogP contribution in [-0.2, 0) is 34.4 Å². The molecule has 3 aromatic carbocycles. The van der Waals surface area contributed by atoms with Gasteiger partial charge < -0.3 is 14.7 Å². The summed E-state index contributed by atoms with van der Waals surface area (Å²) in [6.07, 6.45) is 4.05. The summed E-state index contributed by atoms with van der Waals surface area (Å²) < 4.78 is 5.62. The number of amidine groups is 1. The summed E-state index contributed by atoms with van der Waals surface area (Å²) in [7, 11) is 1.95. The van der Waals surface area contributed by atoms with Crippen molar-refractivity contribution >= 4 is 18.2 Å². The summed E-state index contributed by atoms with van der Waals surface area (Å²) in [4.78, 5) is 25.0. The predicted molar refractivity (Wildman–Crippen MR) is 174 cm³/mol. The second-order valence-corrected chi connectivity index (χ2v) is 12.0. The summed E-state index contributed by atoms with van der Waals surface area (Å²) in [5.74, 6) is 0.506. The Kier molecular flexibility index (Phi) is 12.4. The summed E-state index contributed by atoms with van der Waals surface area (Å²) in [6, 6.07) is 22.7. The van der Waals surface area contributed by atoms with Crippen LogP contribution in [-0.4, -0.2) is 53.4 Å². The van der Waals surface area contributed by atoms with E-state index in [1.165, 1.54) is 16.7 Å². The van der Waals surface area contributed by atoms with E-state index in [1.807, 2.05) is 37.2 Å². The lowest BCUT2D eigenvalue weighted by Gasteiger charge is -2.23. The van der Waals surface area contributed by atoms with Crippen LogP contribution in [0.2, 0.25) is 0 Å². The highest BCUT2D eigenvalue weighted by molar-refractivity contribution is 5.90. The van der Waals surface area contributed by atoms with Crippen LogP contribution in [0.15, 0.2) is 71.8 Å². The molecule has 0 aromatic heterocycles. The van der Waals surface area contributed by atoms with Gasteiger partial charge in [-0.05, 0) is 71.6 Å². The van der Waals surface area contributed by atoms with E-state index in [-0.39, 0.29) is 11.8 Å². The first kappa shape index (κ1) is 33.4. The van der Waals surface area contributed by atoms with E-state index < -0.39 is 5.97 Å². The van der Waals surface area contributed by atoms with E-state index in [4.69, 9.17) is 9.84 Å². The zero-order chi connectivity index (χ0) is 31.4. The average molecular weight is 586 g/mol. The Balaban J connectivity index is 1.67. The van der Waals surface area contributed by atoms with Crippen LogP contribution in [0.25, 0.3) is 11.1 Å². The van der Waals surface area contributed by atoms with Crippen molar-refractivity contribution in [2.45, 2.75) is 78.7 Å². The first-order valence-electron chi connectivity index (χ1n) is 15.2. The fraction of sp³-hybridized carbons (Fsp3) is 0.417. The number of rotatable bonds is 15. The Bertz CT molecular complexity index is 1360. The van der Waals surface area contributed by atoms with Crippen LogP contribution in [0, 0.1) is 0 Å². The molecule has 0 aliphatic heterocycles. The van der Waals surface area contributed by atoms with Gasteiger partial charge in [-0.2, -0.15) is 5.10 Å². The van der Waals surface area contributed by atoms with Gasteiger partial charge in [0.1, 0.15) is 11.6 Å². The van der Waals surface area contributed by atoms with E-state index in [0.717, 1.165) is 42.6 Å². The van der Waals surface area contributed by atoms with Crippen molar-refractivity contribution in [3.05, 3.63) is 89.0 Å². The summed E-state index contributed by atoms with van der Waals surface area (Å²) in [6.45, 7) is 12.4. The number of ether oxygens (including phenoxy) is 1. The minimum Gasteiger partial charge on any atom is -0.494 e. The number of carbonyl (C=O) groups is 2. The number of carboxylic acids is 1. The smallest absolute Gasteiger partial charge is 0.307 e. The third-order valence-corrected chi connectivity index (χ3v) is 7.30. The Morgan fingerprint density at radius 3 is 2.19 bits per heavy atom. The number of aryl methyl sites for hydroxylation is 1. The fourth-order valence-electron chi connectivity index (χ4n) is 5.01. The zero-order valence-corrected chi connectivity index (χ0v) is 26.6. The van der Waals surface area contributed by atoms with Crippen molar-refractivity contribution in [2.24, 2.45) is 5.10 Å². The number of hydrazone groups is 1. The van der Waals surface area contributed by atoms with Gasteiger partial charge in [-0.15, -0.1) is 0 Å². The molecule has 0 unspecified atom stereocenters. The Morgan fingerprint density at radius 2 is 1.60 bits per heavy atom. The largest absolute Gasteiger partial charge is 0.494 e. The number of amides is 1. The maximum atomic E-state index is 11.9. The third kappa shape index (κ3) is 10.3. The van der Waals surface area contributed by atoms with E-state index in [2.05, 4.69) is 76.2 Å². The van der Waals surface area contributed by atoms with Crippen molar-refractivity contribution in [3.8, 4) is 16.9 Å². The standard InChI is InChI=1S/C36H47N3O4/c1-7-22-39(26-40)34(37-38(6)25-28-14-19-32(20-15-28)36(3,4)5)11-9-10-27-12-16-29(17-13-27)30-18-21-33(43-8-2)31(23-30)24-35(41)42/h12-21,23,26H,7-11,22,24-25H2,1-6H3,(H,41,42)/b37-34-. The summed E-state index contributed by atoms with van der Waals surface area (Å²) in [5, 5.41) is 16.1. The van der Waals surface area contributed by atoms with Crippen molar-refractivity contribution < 1.29 is 19.4 Å². The number of aliphatic carboxylic acids is 1. The first-order chi connectivity index (χ1) is 20.5. The predicted octanol–water partition coefficient (Wildman–Crippen LogP) is 7.31. The van der Waals surface area contributed by atoms with Crippen molar-refractivity contribution in [1.82, 2.24) is 9.91 Å². The van der Waals surface area contributed by atoms with Gasteiger partial charge in [0.05, 0.1) is 19.6 Å². The molecule has 0 atom stereocenters. The van der Waals surface area contributed by atoms with Gasteiger partial charge in [-0.25, -0.2) is 0 Å². The SMILES string of the molecule is CCCN(C=O)/C(CCCc1ccc(-c2ccc(OCC)c(CC(=O)O)c2)cc1)=N\N(C)Cc1ccc(C(C)(C)C)cc1. The molecule has 0 aliphatic carbocycles. The van der Waals surface area contributed by atoms with Gasteiger partial charge in [-0.3, -0.25) is 14.6 Å². The number of carboxylic acid groups (broad SMARTS) is 1. The third-order valence-electron chi connectivity index (χ3n) is 7.30. The lowest BCUT2D eigenvalue weighted by Crippen LogP contribution is -2.32. The number of hydrogen-bond acceptors (Lipinski definition) is 5. The highest BCUT2D eigenvalue weighted by Crippen LogP contribution is 2.28. The highest BCUT2D eigenvalue weighted by atomic mass is 16.5. The molecule has 230 valence electrons. The minimum atomic E-state index is -0.885. The van der Waals surface area contributed by atoms with Crippen molar-refractivity contribution in [2.75, 3.05) is 20.2 Å². The number of carbonyl (C=O) groups excluding carboxylic acids is 1. The van der Waals surface area contributed by atoms with Crippen LogP contribution < -0.4 is 4.74 Å². The highest BCUT2D eigenvalue weighted by Gasteiger charge is 2.15. The number of benzene rings is 3. The van der Waals surface area contributed by atoms with E-state index in [0.29, 0.717) is 37.4 Å². The molecule has 1 N–H and O–H groups in total. The van der Waals surface area contributed by atoms with Gasteiger partial charge in [0.15, 0.2) is 0 Å². The summed E-state index contributed by atoms with van der Waals surface area (Å²) >= 11 is 0. The molecular formula is C36H47N3O4. The van der Waals surface area contributed by atoms with Crippen LogP contribution in [0.1, 0.15) is 76.1 Å². The molecule has 3 rings (SSSR count). The van der Waals surface area contributed by atoms with Crippen LogP contribution in [0.4, 0.5) is 0 Å². The number of nitrogens with zero attached hydrogens (tertiary/aromatic N) is 3. The van der Waals surface area contributed by atoms with E-state index in [9.17, 15) is 14.7 Å². The molecule has 0 radical (unpaired) electrons. The van der Waals surface area contributed by atoms with Crippen LogP contribution >= 0.6 is 0 Å². The fourth-order valence-corrected chi connectivity index (χ4v) is 5.01. The molecule has 0 fully saturated rings. The minimum absolute atomic E-state index is 0.0837. The van der Waals surface area contributed by atoms with Crippen molar-refractivity contribution in [1.29, 1.82) is 0 Å². The van der Waals surface area contributed by atoms with Crippen LogP contribution in [0.5, 0.6) is 5.75 Å². The molecule has 0 bridgehead atoms. The lowest BCUT2D eigenvalue weighted by molar-refractivity contribution is -0.136. The maximum absolute atomic E-state index is 11.9. The molecule has 7 heteroatoms. The molecule has 0 aliphatic rings. The lowest BCUT2D eigenvalue weighted by atomic mass is 9.87. The summed E-state index contributed by atoms with van der Waals surface area (Å²) in [5.41, 5.74) is 6.43. The van der Waals surface area contributed by atoms with E-state index in [1.54, 1.807) is 4.90 Å². The quantitative estimate of drug-likeness (QED) is 0.0875. The topological polar surface area (TPSA) is 82.4 Å². The average Bonchev–Trinajstić information content (AvgIpc) is 2.96. The molecule has 7 nitrogen and oxygen atoms in total. The second-order valence-electron chi connectivity index (χ2n) is 12.0. The molecule has 43 heavy (non-hydrogen) atoms. The van der Waals surface area contributed by atoms with Gasteiger partial charge in [0, 0.05) is 25.6 Å². The molecule has 1 amide bonds.